The monoisotopic (exact) mass is 428 g/mol. The van der Waals surface area contributed by atoms with Crippen molar-refractivity contribution in [3.05, 3.63) is 59.4 Å². The number of fused-ring (bicyclic) bond motifs is 1. The molecule has 1 aliphatic heterocycles. The summed E-state index contributed by atoms with van der Waals surface area (Å²) in [7, 11) is 0. The van der Waals surface area contributed by atoms with Gasteiger partial charge in [-0.15, -0.1) is 11.3 Å². The molecule has 1 saturated heterocycles. The van der Waals surface area contributed by atoms with Gasteiger partial charge in [0.15, 0.2) is 0 Å². The molecule has 0 N–H and O–H groups in total. The molecule has 0 radical (unpaired) electrons. The molecule has 2 aromatic heterocycles. The Morgan fingerprint density at radius 2 is 1.97 bits per heavy atom. The van der Waals surface area contributed by atoms with E-state index >= 15 is 0 Å². The molecule has 0 aliphatic carbocycles. The molecule has 0 amide bonds. The standard InChI is InChI=1S/C21H18F2N4O2S/c22-21(23)28-16-9-3-1-6-13(16)19-25-18(29-26-19)12-27-11-5-8-15(27)20-24-14-7-2-4-10-17(14)30-20/h1-4,6-7,9-10,15,21H,5,8,11-12H2. The van der Waals surface area contributed by atoms with Crippen LogP contribution in [0.1, 0.15) is 29.8 Å². The Bertz CT molecular complexity index is 1130. The third-order valence-electron chi connectivity index (χ3n) is 5.11. The highest BCUT2D eigenvalue weighted by atomic mass is 32.1. The average Bonchev–Trinajstić information content (AvgIpc) is 3.47. The van der Waals surface area contributed by atoms with Crippen LogP contribution < -0.4 is 4.74 Å². The number of hydrogen-bond acceptors (Lipinski definition) is 7. The number of ether oxygens (including phenoxy) is 1. The van der Waals surface area contributed by atoms with E-state index in [0.717, 1.165) is 29.9 Å². The zero-order valence-electron chi connectivity index (χ0n) is 15.9. The molecule has 1 aliphatic rings. The van der Waals surface area contributed by atoms with Crippen LogP contribution in [0, 0.1) is 0 Å². The van der Waals surface area contributed by atoms with Gasteiger partial charge in [0.1, 0.15) is 10.8 Å². The van der Waals surface area contributed by atoms with Crippen molar-refractivity contribution in [2.75, 3.05) is 6.54 Å². The fourth-order valence-corrected chi connectivity index (χ4v) is 4.92. The maximum Gasteiger partial charge on any atom is 0.387 e. The van der Waals surface area contributed by atoms with Crippen LogP contribution in [0.2, 0.25) is 0 Å². The lowest BCUT2D eigenvalue weighted by molar-refractivity contribution is -0.0494. The minimum absolute atomic E-state index is 0.0216. The predicted octanol–water partition coefficient (Wildman–Crippen LogP) is 5.28. The Balaban J connectivity index is 1.36. The fraction of sp³-hybridized carbons (Fsp3) is 0.286. The van der Waals surface area contributed by atoms with Crippen LogP contribution in [0.15, 0.2) is 53.1 Å². The van der Waals surface area contributed by atoms with Crippen molar-refractivity contribution in [1.82, 2.24) is 20.0 Å². The first kappa shape index (κ1) is 19.1. The molecule has 2 aromatic carbocycles. The molecule has 1 atom stereocenters. The minimum atomic E-state index is -2.92. The normalized spacial score (nSPS) is 17.2. The number of aromatic nitrogens is 3. The molecule has 0 saturated carbocycles. The maximum absolute atomic E-state index is 12.7. The van der Waals surface area contributed by atoms with Gasteiger partial charge in [-0.25, -0.2) is 4.98 Å². The highest BCUT2D eigenvalue weighted by Crippen LogP contribution is 2.37. The molecule has 0 bridgehead atoms. The Kier molecular flexibility index (Phi) is 5.14. The average molecular weight is 428 g/mol. The van der Waals surface area contributed by atoms with Crippen molar-refractivity contribution in [3.8, 4) is 17.1 Å². The quantitative estimate of drug-likeness (QED) is 0.416. The lowest BCUT2D eigenvalue weighted by atomic mass is 10.2. The number of likely N-dealkylation sites (tertiary alicyclic amines) is 1. The van der Waals surface area contributed by atoms with E-state index in [2.05, 4.69) is 25.8 Å². The molecule has 154 valence electrons. The van der Waals surface area contributed by atoms with E-state index in [1.165, 1.54) is 10.8 Å². The second-order valence-corrected chi connectivity index (χ2v) is 8.10. The molecule has 3 heterocycles. The van der Waals surface area contributed by atoms with E-state index in [0.29, 0.717) is 18.0 Å². The van der Waals surface area contributed by atoms with Crippen LogP contribution in [-0.4, -0.2) is 33.2 Å². The molecule has 1 unspecified atom stereocenters. The Morgan fingerprint density at radius 3 is 2.83 bits per heavy atom. The second kappa shape index (κ2) is 8.08. The van der Waals surface area contributed by atoms with Gasteiger partial charge < -0.3 is 9.26 Å². The van der Waals surface area contributed by atoms with Crippen LogP contribution in [0.3, 0.4) is 0 Å². The predicted molar refractivity (Wildman–Crippen MR) is 108 cm³/mol. The summed E-state index contributed by atoms with van der Waals surface area (Å²) in [4.78, 5) is 11.5. The number of halogens is 2. The van der Waals surface area contributed by atoms with E-state index in [1.54, 1.807) is 29.5 Å². The van der Waals surface area contributed by atoms with Crippen molar-refractivity contribution in [3.63, 3.8) is 0 Å². The lowest BCUT2D eigenvalue weighted by Crippen LogP contribution is -2.22. The summed E-state index contributed by atoms with van der Waals surface area (Å²) in [5.74, 6) is 0.690. The number of para-hydroxylation sites is 2. The van der Waals surface area contributed by atoms with E-state index in [4.69, 9.17) is 9.51 Å². The van der Waals surface area contributed by atoms with Crippen LogP contribution in [0.5, 0.6) is 5.75 Å². The summed E-state index contributed by atoms with van der Waals surface area (Å²) >= 11 is 1.71. The van der Waals surface area contributed by atoms with Gasteiger partial charge in [-0.1, -0.05) is 29.4 Å². The summed E-state index contributed by atoms with van der Waals surface area (Å²) in [6.45, 7) is -1.54. The first-order chi connectivity index (χ1) is 14.7. The number of alkyl halides is 2. The maximum atomic E-state index is 12.7. The molecule has 5 rings (SSSR count). The van der Waals surface area contributed by atoms with Crippen molar-refractivity contribution in [2.45, 2.75) is 32.0 Å². The fourth-order valence-electron chi connectivity index (χ4n) is 3.78. The van der Waals surface area contributed by atoms with E-state index < -0.39 is 6.61 Å². The van der Waals surface area contributed by atoms with Gasteiger partial charge in [0.25, 0.3) is 0 Å². The third-order valence-corrected chi connectivity index (χ3v) is 6.25. The highest BCUT2D eigenvalue weighted by Gasteiger charge is 2.30. The van der Waals surface area contributed by atoms with E-state index in [1.807, 2.05) is 18.2 Å². The summed E-state index contributed by atoms with van der Waals surface area (Å²) in [6.07, 6.45) is 2.08. The Hall–Kier alpha value is -2.91. The minimum Gasteiger partial charge on any atom is -0.434 e. The molecular formula is C21H18F2N4O2S. The zero-order valence-corrected chi connectivity index (χ0v) is 16.7. The van der Waals surface area contributed by atoms with Crippen LogP contribution in [0.25, 0.3) is 21.6 Å². The molecule has 30 heavy (non-hydrogen) atoms. The van der Waals surface area contributed by atoms with Crippen molar-refractivity contribution < 1.29 is 18.0 Å². The second-order valence-electron chi connectivity index (χ2n) is 7.03. The molecule has 1 fully saturated rings. The van der Waals surface area contributed by atoms with Gasteiger partial charge in [-0.05, 0) is 43.7 Å². The SMILES string of the molecule is FC(F)Oc1ccccc1-c1noc(CN2CCCC2c2nc3ccccc3s2)n1. The Morgan fingerprint density at radius 1 is 1.13 bits per heavy atom. The smallest absolute Gasteiger partial charge is 0.387 e. The van der Waals surface area contributed by atoms with Crippen molar-refractivity contribution in [2.24, 2.45) is 0 Å². The van der Waals surface area contributed by atoms with E-state index in [-0.39, 0.29) is 17.6 Å². The summed E-state index contributed by atoms with van der Waals surface area (Å²) in [6, 6.07) is 14.7. The van der Waals surface area contributed by atoms with Gasteiger partial charge in [-0.2, -0.15) is 13.8 Å². The van der Waals surface area contributed by atoms with Crippen LogP contribution in [0.4, 0.5) is 8.78 Å². The third kappa shape index (κ3) is 3.78. The summed E-state index contributed by atoms with van der Waals surface area (Å²) in [5.41, 5.74) is 1.39. The molecular weight excluding hydrogens is 410 g/mol. The van der Waals surface area contributed by atoms with Crippen molar-refractivity contribution >= 4 is 21.6 Å². The van der Waals surface area contributed by atoms with Crippen LogP contribution in [-0.2, 0) is 6.54 Å². The molecule has 6 nitrogen and oxygen atoms in total. The molecule has 9 heteroatoms. The molecule has 4 aromatic rings. The van der Waals surface area contributed by atoms with Gasteiger partial charge in [0.05, 0.1) is 28.4 Å². The number of thiazole rings is 1. The molecule has 0 spiro atoms. The van der Waals surface area contributed by atoms with Crippen molar-refractivity contribution in [1.29, 1.82) is 0 Å². The topological polar surface area (TPSA) is 64.3 Å². The first-order valence-electron chi connectivity index (χ1n) is 9.64. The number of hydrogen-bond donors (Lipinski definition) is 0. The van der Waals surface area contributed by atoms with Gasteiger partial charge in [0.2, 0.25) is 11.7 Å². The number of nitrogens with zero attached hydrogens (tertiary/aromatic N) is 4. The largest absolute Gasteiger partial charge is 0.434 e. The zero-order chi connectivity index (χ0) is 20.5. The van der Waals surface area contributed by atoms with Crippen LogP contribution >= 0.6 is 11.3 Å². The summed E-state index contributed by atoms with van der Waals surface area (Å²) in [5, 5.41) is 5.07. The number of rotatable bonds is 6. The van der Waals surface area contributed by atoms with Gasteiger partial charge in [-0.3, -0.25) is 4.90 Å². The van der Waals surface area contributed by atoms with Gasteiger partial charge in [0, 0.05) is 0 Å². The lowest BCUT2D eigenvalue weighted by Gasteiger charge is -2.20. The summed E-state index contributed by atoms with van der Waals surface area (Å²) < 4.78 is 36.5. The number of benzene rings is 2. The highest BCUT2D eigenvalue weighted by molar-refractivity contribution is 7.18. The van der Waals surface area contributed by atoms with Gasteiger partial charge >= 0.3 is 6.61 Å². The first-order valence-corrected chi connectivity index (χ1v) is 10.5. The van der Waals surface area contributed by atoms with E-state index in [9.17, 15) is 8.78 Å². The Labute approximate surface area is 175 Å².